The summed E-state index contributed by atoms with van der Waals surface area (Å²) in [6.07, 6.45) is 3.25. The van der Waals surface area contributed by atoms with Crippen molar-refractivity contribution in [2.24, 2.45) is 11.3 Å². The van der Waals surface area contributed by atoms with Crippen LogP contribution in [0.2, 0.25) is 0 Å². The summed E-state index contributed by atoms with van der Waals surface area (Å²) in [6.45, 7) is 3.18. The first-order valence-electron chi connectivity index (χ1n) is 9.94. The van der Waals surface area contributed by atoms with Crippen LogP contribution in [-0.2, 0) is 11.2 Å². The number of nitrogens with zero attached hydrogens (tertiary/aromatic N) is 1. The number of hydrogen-bond donors (Lipinski definition) is 3. The van der Waals surface area contributed by atoms with Gasteiger partial charge in [-0.2, -0.15) is 0 Å². The predicted molar refractivity (Wildman–Crippen MR) is 108 cm³/mol. The van der Waals surface area contributed by atoms with E-state index in [0.29, 0.717) is 18.7 Å². The van der Waals surface area contributed by atoms with E-state index in [1.807, 2.05) is 31.2 Å². The molecule has 1 saturated heterocycles. The Kier molecular flexibility index (Phi) is 4.68. The van der Waals surface area contributed by atoms with Crippen molar-refractivity contribution in [2.45, 2.75) is 32.6 Å². The largest absolute Gasteiger partial charge is 0.481 e. The molecule has 7 nitrogen and oxygen atoms in total. The minimum atomic E-state index is -1.24. The molecular weight excluding hydrogens is 372 g/mol. The number of carboxylic acids is 2. The zero-order valence-corrected chi connectivity index (χ0v) is 16.3. The number of anilines is 1. The van der Waals surface area contributed by atoms with E-state index < -0.39 is 22.9 Å². The maximum Gasteiger partial charge on any atom is 0.341 e. The Morgan fingerprint density at radius 3 is 2.55 bits per heavy atom. The monoisotopic (exact) mass is 396 g/mol. The van der Waals surface area contributed by atoms with Crippen LogP contribution in [0.25, 0.3) is 11.3 Å². The van der Waals surface area contributed by atoms with E-state index in [2.05, 4.69) is 9.88 Å². The summed E-state index contributed by atoms with van der Waals surface area (Å²) in [6, 6.07) is 9.09. The SMILES string of the molecule is CCc1cc(C(=O)O)c(=O)[nH]c1-c1ccc(N2CC3CCCC3(C(=O)O)C2)cc1. The van der Waals surface area contributed by atoms with Gasteiger partial charge in [0.25, 0.3) is 5.56 Å². The Hall–Kier alpha value is -3.09. The lowest BCUT2D eigenvalue weighted by atomic mass is 9.81. The second-order valence-corrected chi connectivity index (χ2v) is 8.05. The first-order valence-corrected chi connectivity index (χ1v) is 9.94. The molecule has 29 heavy (non-hydrogen) atoms. The van der Waals surface area contributed by atoms with Crippen LogP contribution in [0.5, 0.6) is 0 Å². The fourth-order valence-electron chi connectivity index (χ4n) is 4.94. The van der Waals surface area contributed by atoms with E-state index in [1.165, 1.54) is 6.07 Å². The van der Waals surface area contributed by atoms with Crippen molar-refractivity contribution in [1.82, 2.24) is 4.98 Å². The van der Waals surface area contributed by atoms with Gasteiger partial charge in [0.15, 0.2) is 0 Å². The maximum absolute atomic E-state index is 12.1. The van der Waals surface area contributed by atoms with E-state index >= 15 is 0 Å². The first-order chi connectivity index (χ1) is 13.9. The van der Waals surface area contributed by atoms with Gasteiger partial charge in [-0.3, -0.25) is 9.59 Å². The summed E-state index contributed by atoms with van der Waals surface area (Å²) in [4.78, 5) is 40.1. The van der Waals surface area contributed by atoms with Gasteiger partial charge in [0.05, 0.1) is 11.1 Å². The third-order valence-corrected chi connectivity index (χ3v) is 6.55. The number of fused-ring (bicyclic) bond motifs is 1. The van der Waals surface area contributed by atoms with Crippen molar-refractivity contribution in [3.05, 3.63) is 51.8 Å². The van der Waals surface area contributed by atoms with Crippen LogP contribution in [-0.4, -0.2) is 40.2 Å². The Morgan fingerprint density at radius 1 is 1.24 bits per heavy atom. The van der Waals surface area contributed by atoms with Gasteiger partial charge in [0.1, 0.15) is 5.56 Å². The van der Waals surface area contributed by atoms with Gasteiger partial charge in [-0.1, -0.05) is 25.5 Å². The van der Waals surface area contributed by atoms with Crippen LogP contribution in [0.4, 0.5) is 5.69 Å². The molecule has 1 aliphatic heterocycles. The number of benzene rings is 1. The lowest BCUT2D eigenvalue weighted by molar-refractivity contribution is -0.149. The normalized spacial score (nSPS) is 23.2. The molecule has 1 aromatic heterocycles. The van der Waals surface area contributed by atoms with Crippen LogP contribution in [0.15, 0.2) is 35.1 Å². The minimum absolute atomic E-state index is 0.186. The lowest BCUT2D eigenvalue weighted by Crippen LogP contribution is -2.35. The highest BCUT2D eigenvalue weighted by molar-refractivity contribution is 5.88. The summed E-state index contributed by atoms with van der Waals surface area (Å²) >= 11 is 0. The van der Waals surface area contributed by atoms with E-state index in [0.717, 1.165) is 42.6 Å². The summed E-state index contributed by atoms with van der Waals surface area (Å²) in [7, 11) is 0. The Balaban J connectivity index is 1.63. The van der Waals surface area contributed by atoms with Gasteiger partial charge >= 0.3 is 11.9 Å². The molecule has 7 heteroatoms. The van der Waals surface area contributed by atoms with Gasteiger partial charge in [0, 0.05) is 18.8 Å². The maximum atomic E-state index is 12.1. The molecule has 1 aliphatic carbocycles. The summed E-state index contributed by atoms with van der Waals surface area (Å²) in [5.74, 6) is -1.75. The molecule has 0 spiro atoms. The number of aromatic carboxylic acids is 1. The number of pyridine rings is 1. The van der Waals surface area contributed by atoms with Crippen LogP contribution < -0.4 is 10.5 Å². The highest BCUT2D eigenvalue weighted by Gasteiger charge is 2.54. The smallest absolute Gasteiger partial charge is 0.341 e. The number of aromatic amines is 1. The number of nitrogens with one attached hydrogen (secondary N) is 1. The molecule has 0 bridgehead atoms. The molecule has 2 unspecified atom stereocenters. The van der Waals surface area contributed by atoms with Crippen molar-refractivity contribution in [2.75, 3.05) is 18.0 Å². The Bertz CT molecular complexity index is 1030. The standard InChI is InChI=1S/C22H24N2O5/c1-2-13-10-17(20(26)27)19(25)23-18(13)14-5-7-16(8-6-14)24-11-15-4-3-9-22(15,12-24)21(28)29/h5-8,10,15H,2-4,9,11-12H2,1H3,(H,23,25)(H,26,27)(H,28,29). The molecule has 0 radical (unpaired) electrons. The molecule has 2 aromatic rings. The molecule has 2 atom stereocenters. The van der Waals surface area contributed by atoms with Crippen molar-refractivity contribution in [3.63, 3.8) is 0 Å². The molecular formula is C22H24N2O5. The van der Waals surface area contributed by atoms with Gasteiger partial charge in [-0.05, 0) is 54.5 Å². The molecule has 2 fully saturated rings. The fourth-order valence-corrected chi connectivity index (χ4v) is 4.94. The minimum Gasteiger partial charge on any atom is -0.481 e. The van der Waals surface area contributed by atoms with E-state index in [-0.39, 0.29) is 11.5 Å². The number of carbonyl (C=O) groups is 2. The molecule has 3 N–H and O–H groups in total. The second-order valence-electron chi connectivity index (χ2n) is 8.05. The predicted octanol–water partition coefficient (Wildman–Crippen LogP) is 2.99. The summed E-state index contributed by atoms with van der Waals surface area (Å²) in [5.41, 5.74) is 1.63. The average Bonchev–Trinajstić information content (AvgIpc) is 3.26. The first kappa shape index (κ1) is 19.2. The summed E-state index contributed by atoms with van der Waals surface area (Å²) < 4.78 is 0. The Labute approximate surface area is 168 Å². The van der Waals surface area contributed by atoms with Crippen molar-refractivity contribution < 1.29 is 19.8 Å². The number of H-pyrrole nitrogens is 1. The van der Waals surface area contributed by atoms with Crippen molar-refractivity contribution in [3.8, 4) is 11.3 Å². The number of rotatable bonds is 5. The number of aliphatic carboxylic acids is 1. The molecule has 0 amide bonds. The quantitative estimate of drug-likeness (QED) is 0.717. The van der Waals surface area contributed by atoms with Crippen molar-refractivity contribution >= 4 is 17.6 Å². The fraction of sp³-hybridized carbons (Fsp3) is 0.409. The van der Waals surface area contributed by atoms with Gasteiger partial charge in [-0.15, -0.1) is 0 Å². The average molecular weight is 396 g/mol. The van der Waals surface area contributed by atoms with Crippen LogP contribution in [0.3, 0.4) is 0 Å². The van der Waals surface area contributed by atoms with Crippen LogP contribution >= 0.6 is 0 Å². The zero-order chi connectivity index (χ0) is 20.8. The number of aryl methyl sites for hydroxylation is 1. The third-order valence-electron chi connectivity index (χ3n) is 6.55. The van der Waals surface area contributed by atoms with Gasteiger partial charge in [0.2, 0.25) is 0 Å². The summed E-state index contributed by atoms with van der Waals surface area (Å²) in [5, 5.41) is 18.9. The van der Waals surface area contributed by atoms with E-state index in [4.69, 9.17) is 5.11 Å². The highest BCUT2D eigenvalue weighted by Crippen LogP contribution is 2.49. The van der Waals surface area contributed by atoms with Crippen molar-refractivity contribution in [1.29, 1.82) is 0 Å². The molecule has 4 rings (SSSR count). The molecule has 152 valence electrons. The molecule has 1 aromatic carbocycles. The zero-order valence-electron chi connectivity index (χ0n) is 16.3. The second kappa shape index (κ2) is 7.06. The van der Waals surface area contributed by atoms with Gasteiger partial charge in [-0.25, -0.2) is 4.79 Å². The topological polar surface area (TPSA) is 111 Å². The van der Waals surface area contributed by atoms with E-state index in [1.54, 1.807) is 0 Å². The Morgan fingerprint density at radius 2 is 1.97 bits per heavy atom. The van der Waals surface area contributed by atoms with E-state index in [9.17, 15) is 19.5 Å². The number of hydrogen-bond acceptors (Lipinski definition) is 4. The number of carboxylic acid groups (broad SMARTS) is 2. The lowest BCUT2D eigenvalue weighted by Gasteiger charge is -2.24. The molecule has 2 heterocycles. The van der Waals surface area contributed by atoms with Gasteiger partial charge < -0.3 is 20.1 Å². The number of aromatic nitrogens is 1. The highest BCUT2D eigenvalue weighted by atomic mass is 16.4. The van der Waals surface area contributed by atoms with Crippen LogP contribution in [0.1, 0.15) is 42.1 Å². The third kappa shape index (κ3) is 3.10. The molecule has 1 saturated carbocycles. The van der Waals surface area contributed by atoms with Crippen LogP contribution in [0, 0.1) is 11.3 Å². The molecule has 2 aliphatic rings.